The van der Waals surface area contributed by atoms with E-state index in [1.54, 1.807) is 25.3 Å². The van der Waals surface area contributed by atoms with Crippen LogP contribution in [0.2, 0.25) is 0 Å². The standard InChI is InChI=1S/C12H14N2O3S/c1-4-12(2,7-13)11(16)14-8-5-6-18-9(8)10(15)17-3/h5-6H,4H2,1-3H3,(H,14,16). The number of nitrogens with zero attached hydrogens (tertiary/aromatic N) is 1. The van der Waals surface area contributed by atoms with Crippen molar-refractivity contribution in [3.05, 3.63) is 16.3 Å². The second-order valence-corrected chi connectivity index (χ2v) is 4.82. The number of nitrogens with one attached hydrogen (secondary N) is 1. The van der Waals surface area contributed by atoms with Crippen molar-refractivity contribution in [1.29, 1.82) is 5.26 Å². The van der Waals surface area contributed by atoms with Crippen molar-refractivity contribution in [3.8, 4) is 6.07 Å². The van der Waals surface area contributed by atoms with Gasteiger partial charge in [0.1, 0.15) is 10.3 Å². The average molecular weight is 266 g/mol. The molecule has 1 unspecified atom stereocenters. The Morgan fingerprint density at radius 1 is 1.61 bits per heavy atom. The summed E-state index contributed by atoms with van der Waals surface area (Å²) in [6, 6.07) is 3.59. The Hall–Kier alpha value is -1.87. The van der Waals surface area contributed by atoms with Gasteiger partial charge in [0.25, 0.3) is 0 Å². The number of anilines is 1. The molecule has 0 aromatic carbocycles. The van der Waals surface area contributed by atoms with Crippen LogP contribution in [0.4, 0.5) is 5.69 Å². The molecule has 0 aliphatic carbocycles. The van der Waals surface area contributed by atoms with Crippen LogP contribution in [0.15, 0.2) is 11.4 Å². The monoisotopic (exact) mass is 266 g/mol. The summed E-state index contributed by atoms with van der Waals surface area (Å²) in [4.78, 5) is 23.7. The maximum absolute atomic E-state index is 12.0. The Kier molecular flexibility index (Phi) is 4.45. The van der Waals surface area contributed by atoms with Crippen LogP contribution in [0.3, 0.4) is 0 Å². The molecule has 0 saturated carbocycles. The number of thiophene rings is 1. The van der Waals surface area contributed by atoms with Gasteiger partial charge >= 0.3 is 5.97 Å². The second-order valence-electron chi connectivity index (χ2n) is 3.91. The molecule has 0 fully saturated rings. The zero-order valence-electron chi connectivity index (χ0n) is 10.4. The highest BCUT2D eigenvalue weighted by atomic mass is 32.1. The van der Waals surface area contributed by atoms with Crippen molar-refractivity contribution in [2.24, 2.45) is 5.41 Å². The predicted molar refractivity (Wildman–Crippen MR) is 68.3 cm³/mol. The van der Waals surface area contributed by atoms with Gasteiger partial charge in [-0.25, -0.2) is 4.79 Å². The van der Waals surface area contributed by atoms with Crippen LogP contribution in [0.1, 0.15) is 29.9 Å². The first-order valence-electron chi connectivity index (χ1n) is 5.37. The van der Waals surface area contributed by atoms with Gasteiger partial charge in [-0.3, -0.25) is 4.79 Å². The number of hydrogen-bond acceptors (Lipinski definition) is 5. The molecule has 1 atom stereocenters. The summed E-state index contributed by atoms with van der Waals surface area (Å²) in [7, 11) is 1.28. The van der Waals surface area contributed by atoms with E-state index in [1.807, 2.05) is 6.07 Å². The van der Waals surface area contributed by atoms with Crippen LogP contribution >= 0.6 is 11.3 Å². The third-order valence-corrected chi connectivity index (χ3v) is 3.63. The zero-order chi connectivity index (χ0) is 13.8. The fraction of sp³-hybridized carbons (Fsp3) is 0.417. The molecular formula is C12H14N2O3S. The van der Waals surface area contributed by atoms with Crippen molar-refractivity contribution < 1.29 is 14.3 Å². The summed E-state index contributed by atoms with van der Waals surface area (Å²) in [5.74, 6) is -0.925. The second kappa shape index (κ2) is 5.65. The Balaban J connectivity index is 2.93. The molecule has 1 heterocycles. The van der Waals surface area contributed by atoms with E-state index in [-0.39, 0.29) is 0 Å². The van der Waals surface area contributed by atoms with Crippen molar-refractivity contribution in [2.45, 2.75) is 20.3 Å². The molecule has 1 N–H and O–H groups in total. The van der Waals surface area contributed by atoms with E-state index in [0.717, 1.165) is 0 Å². The van der Waals surface area contributed by atoms with Crippen molar-refractivity contribution >= 4 is 28.9 Å². The molecule has 0 aliphatic rings. The van der Waals surface area contributed by atoms with Crippen LogP contribution in [-0.4, -0.2) is 19.0 Å². The van der Waals surface area contributed by atoms with E-state index in [0.29, 0.717) is 17.0 Å². The van der Waals surface area contributed by atoms with Gasteiger partial charge in [-0.05, 0) is 24.8 Å². The molecule has 1 amide bonds. The van der Waals surface area contributed by atoms with Crippen molar-refractivity contribution in [1.82, 2.24) is 0 Å². The van der Waals surface area contributed by atoms with E-state index >= 15 is 0 Å². The molecule has 1 aromatic rings. The molecular weight excluding hydrogens is 252 g/mol. The molecule has 1 rings (SSSR count). The van der Waals surface area contributed by atoms with Crippen LogP contribution in [0.25, 0.3) is 0 Å². The van der Waals surface area contributed by atoms with Gasteiger partial charge in [-0.1, -0.05) is 6.92 Å². The molecule has 0 aliphatic heterocycles. The van der Waals surface area contributed by atoms with Gasteiger partial charge < -0.3 is 10.1 Å². The minimum absolute atomic E-state index is 0.322. The summed E-state index contributed by atoms with van der Waals surface area (Å²) in [5.41, 5.74) is -0.721. The van der Waals surface area contributed by atoms with Crippen molar-refractivity contribution in [3.63, 3.8) is 0 Å². The number of rotatable bonds is 4. The molecule has 0 saturated heterocycles. The van der Waals surface area contributed by atoms with Gasteiger partial charge in [0.15, 0.2) is 0 Å². The first kappa shape index (κ1) is 14.2. The predicted octanol–water partition coefficient (Wildman–Crippen LogP) is 2.41. The van der Waals surface area contributed by atoms with Crippen LogP contribution in [-0.2, 0) is 9.53 Å². The summed E-state index contributed by atoms with van der Waals surface area (Å²) >= 11 is 1.18. The maximum atomic E-state index is 12.0. The zero-order valence-corrected chi connectivity index (χ0v) is 11.3. The van der Waals surface area contributed by atoms with Gasteiger partial charge in [0.05, 0.1) is 18.9 Å². The van der Waals surface area contributed by atoms with E-state index < -0.39 is 17.3 Å². The summed E-state index contributed by atoms with van der Waals surface area (Å²) in [6.07, 6.45) is 0.396. The Morgan fingerprint density at radius 3 is 2.78 bits per heavy atom. The quantitative estimate of drug-likeness (QED) is 0.849. The molecule has 1 aromatic heterocycles. The molecule has 96 valence electrons. The highest BCUT2D eigenvalue weighted by Gasteiger charge is 2.32. The number of carbonyl (C=O) groups excluding carboxylic acids is 2. The lowest BCUT2D eigenvalue weighted by Gasteiger charge is -2.18. The maximum Gasteiger partial charge on any atom is 0.350 e. The lowest BCUT2D eigenvalue weighted by Crippen LogP contribution is -2.31. The first-order valence-corrected chi connectivity index (χ1v) is 6.25. The fourth-order valence-corrected chi connectivity index (χ4v) is 1.97. The molecule has 6 heteroatoms. The molecule has 0 bridgehead atoms. The minimum Gasteiger partial charge on any atom is -0.465 e. The Labute approximate surface area is 109 Å². The van der Waals surface area contributed by atoms with Crippen molar-refractivity contribution in [2.75, 3.05) is 12.4 Å². The lowest BCUT2D eigenvalue weighted by molar-refractivity contribution is -0.122. The van der Waals surface area contributed by atoms with Crippen LogP contribution < -0.4 is 5.32 Å². The smallest absolute Gasteiger partial charge is 0.350 e. The average Bonchev–Trinajstić information content (AvgIpc) is 2.84. The first-order chi connectivity index (χ1) is 8.48. The number of methoxy groups -OCH3 is 1. The van der Waals surface area contributed by atoms with Gasteiger partial charge in [-0.2, -0.15) is 5.26 Å². The topological polar surface area (TPSA) is 79.2 Å². The largest absolute Gasteiger partial charge is 0.465 e. The number of esters is 1. The number of ether oxygens (including phenoxy) is 1. The van der Waals surface area contributed by atoms with Gasteiger partial charge in [0, 0.05) is 0 Å². The van der Waals surface area contributed by atoms with E-state index in [4.69, 9.17) is 5.26 Å². The highest BCUT2D eigenvalue weighted by Crippen LogP contribution is 2.27. The van der Waals surface area contributed by atoms with E-state index in [2.05, 4.69) is 10.1 Å². The van der Waals surface area contributed by atoms with Crippen LogP contribution in [0.5, 0.6) is 0 Å². The van der Waals surface area contributed by atoms with Gasteiger partial charge in [0.2, 0.25) is 5.91 Å². The third kappa shape index (κ3) is 2.68. The molecule has 0 radical (unpaired) electrons. The lowest BCUT2D eigenvalue weighted by atomic mass is 9.88. The van der Waals surface area contributed by atoms with E-state index in [9.17, 15) is 9.59 Å². The fourth-order valence-electron chi connectivity index (χ4n) is 1.21. The summed E-state index contributed by atoms with van der Waals surface area (Å²) in [6.45, 7) is 3.32. The molecule has 0 spiro atoms. The van der Waals surface area contributed by atoms with E-state index in [1.165, 1.54) is 18.4 Å². The molecule has 18 heavy (non-hydrogen) atoms. The number of nitriles is 1. The normalized spacial score (nSPS) is 13.2. The SMILES string of the molecule is CCC(C)(C#N)C(=O)Nc1ccsc1C(=O)OC. The Morgan fingerprint density at radius 2 is 2.28 bits per heavy atom. The number of amides is 1. The molecule has 5 nitrogen and oxygen atoms in total. The number of hydrogen-bond donors (Lipinski definition) is 1. The van der Waals surface area contributed by atoms with Crippen LogP contribution in [0, 0.1) is 16.7 Å². The third-order valence-electron chi connectivity index (χ3n) is 2.74. The minimum atomic E-state index is -1.10. The summed E-state index contributed by atoms with van der Waals surface area (Å²) < 4.78 is 4.61. The van der Waals surface area contributed by atoms with Gasteiger partial charge in [-0.15, -0.1) is 11.3 Å². The summed E-state index contributed by atoms with van der Waals surface area (Å²) in [5, 5.41) is 13.3. The number of carbonyl (C=O) groups is 2. The highest BCUT2D eigenvalue weighted by molar-refractivity contribution is 7.12. The Bertz CT molecular complexity index is 504.